The molecule has 4 heteroatoms. The normalized spacial score (nSPS) is 12.5. The fourth-order valence-corrected chi connectivity index (χ4v) is 3.09. The third-order valence-corrected chi connectivity index (χ3v) is 4.79. The molecule has 0 fully saturated rings. The molecule has 0 aliphatic heterocycles. The molecule has 1 N–H and O–H groups in total. The number of nitrogens with one attached hydrogen (secondary N) is 1. The van der Waals surface area contributed by atoms with Crippen molar-refractivity contribution in [1.29, 1.82) is 0 Å². The van der Waals surface area contributed by atoms with Crippen molar-refractivity contribution >= 4 is 23.2 Å². The van der Waals surface area contributed by atoms with Crippen LogP contribution in [-0.4, -0.2) is 38.6 Å². The lowest BCUT2D eigenvalue weighted by atomic mass is 9.89. The number of hydrogen-bond donors (Lipinski definition) is 1. The summed E-state index contributed by atoms with van der Waals surface area (Å²) >= 11 is 12.4. The first-order chi connectivity index (χ1) is 11.6. The number of halogens is 2. The van der Waals surface area contributed by atoms with Crippen LogP contribution in [0.2, 0.25) is 10.0 Å². The van der Waals surface area contributed by atoms with Gasteiger partial charge in [-0.25, -0.2) is 0 Å². The highest BCUT2D eigenvalue weighted by atomic mass is 35.5. The summed E-state index contributed by atoms with van der Waals surface area (Å²) in [5.41, 5.74) is 2.51. The number of nitrogens with zero attached hydrogens (tertiary/aromatic N) is 1. The van der Waals surface area contributed by atoms with Gasteiger partial charge in [0.25, 0.3) is 0 Å². The van der Waals surface area contributed by atoms with Gasteiger partial charge in [0.1, 0.15) is 0 Å². The average molecular weight is 365 g/mol. The van der Waals surface area contributed by atoms with Crippen LogP contribution in [0.4, 0.5) is 0 Å². The number of hydrogen-bond acceptors (Lipinski definition) is 2. The van der Waals surface area contributed by atoms with Crippen LogP contribution in [-0.2, 0) is 6.42 Å². The Labute approximate surface area is 155 Å². The molecule has 2 nitrogen and oxygen atoms in total. The van der Waals surface area contributed by atoms with E-state index in [1.807, 2.05) is 24.3 Å². The van der Waals surface area contributed by atoms with Crippen LogP contribution in [0.1, 0.15) is 23.5 Å². The molecule has 0 saturated carbocycles. The Balaban J connectivity index is 2.01. The minimum atomic E-state index is 0.425. The summed E-state index contributed by atoms with van der Waals surface area (Å²) in [6.45, 7) is 3.05. The van der Waals surface area contributed by atoms with Crippen LogP contribution < -0.4 is 5.32 Å². The molecule has 0 aliphatic carbocycles. The molecular formula is C20H26Cl2N2. The third kappa shape index (κ3) is 6.45. The van der Waals surface area contributed by atoms with E-state index in [1.165, 1.54) is 11.1 Å². The third-order valence-electron chi connectivity index (χ3n) is 4.17. The second-order valence-corrected chi connectivity index (χ2v) is 7.23. The Morgan fingerprint density at radius 3 is 2.33 bits per heavy atom. The van der Waals surface area contributed by atoms with Gasteiger partial charge in [0.05, 0.1) is 0 Å². The van der Waals surface area contributed by atoms with Gasteiger partial charge in [-0.3, -0.25) is 0 Å². The zero-order chi connectivity index (χ0) is 17.4. The van der Waals surface area contributed by atoms with Gasteiger partial charge in [-0.2, -0.15) is 0 Å². The van der Waals surface area contributed by atoms with Crippen LogP contribution in [0.5, 0.6) is 0 Å². The van der Waals surface area contributed by atoms with Gasteiger partial charge < -0.3 is 10.2 Å². The molecule has 0 heterocycles. The van der Waals surface area contributed by atoms with E-state index in [0.717, 1.165) is 42.5 Å². The molecule has 24 heavy (non-hydrogen) atoms. The largest absolute Gasteiger partial charge is 0.315 e. The molecule has 0 radical (unpaired) electrons. The van der Waals surface area contributed by atoms with Crippen molar-refractivity contribution in [2.24, 2.45) is 0 Å². The van der Waals surface area contributed by atoms with Crippen molar-refractivity contribution in [2.45, 2.75) is 18.8 Å². The molecule has 0 aliphatic rings. The smallest absolute Gasteiger partial charge is 0.0438 e. The van der Waals surface area contributed by atoms with Crippen molar-refractivity contribution in [3.05, 3.63) is 69.7 Å². The zero-order valence-electron chi connectivity index (χ0n) is 14.4. The molecule has 0 unspecified atom stereocenters. The number of rotatable bonds is 9. The van der Waals surface area contributed by atoms with Crippen LogP contribution in [0, 0.1) is 0 Å². The summed E-state index contributed by atoms with van der Waals surface area (Å²) < 4.78 is 0. The SMILES string of the molecule is CN(C)CCNCC[C@H](Cc1ccccc1Cl)c1ccc(Cl)cc1. The summed E-state index contributed by atoms with van der Waals surface area (Å²) in [4.78, 5) is 2.19. The Morgan fingerprint density at radius 2 is 1.67 bits per heavy atom. The first-order valence-electron chi connectivity index (χ1n) is 8.40. The van der Waals surface area contributed by atoms with E-state index in [4.69, 9.17) is 23.2 Å². The van der Waals surface area contributed by atoms with Gasteiger partial charge in [0.15, 0.2) is 0 Å². The summed E-state index contributed by atoms with van der Waals surface area (Å²) in [6, 6.07) is 16.3. The lowest BCUT2D eigenvalue weighted by molar-refractivity contribution is 0.397. The summed E-state index contributed by atoms with van der Waals surface area (Å²) in [7, 11) is 4.19. The maximum atomic E-state index is 6.36. The molecule has 0 saturated heterocycles. The Morgan fingerprint density at radius 1 is 0.958 bits per heavy atom. The van der Waals surface area contributed by atoms with Gasteiger partial charge >= 0.3 is 0 Å². The van der Waals surface area contributed by atoms with Crippen LogP contribution in [0.3, 0.4) is 0 Å². The van der Waals surface area contributed by atoms with E-state index in [1.54, 1.807) is 0 Å². The summed E-state index contributed by atoms with van der Waals surface area (Å²) in [5.74, 6) is 0.425. The lowest BCUT2D eigenvalue weighted by Crippen LogP contribution is -2.28. The van der Waals surface area contributed by atoms with Gasteiger partial charge in [0, 0.05) is 23.1 Å². The van der Waals surface area contributed by atoms with E-state index in [9.17, 15) is 0 Å². The second kappa shape index (κ2) is 10.0. The second-order valence-electron chi connectivity index (χ2n) is 6.39. The molecular weight excluding hydrogens is 339 g/mol. The predicted molar refractivity (Wildman–Crippen MR) is 105 cm³/mol. The predicted octanol–water partition coefficient (Wildman–Crippen LogP) is 4.86. The molecule has 0 spiro atoms. The molecule has 2 aromatic carbocycles. The molecule has 0 amide bonds. The monoisotopic (exact) mass is 364 g/mol. The van der Waals surface area contributed by atoms with Crippen LogP contribution in [0.15, 0.2) is 48.5 Å². The zero-order valence-corrected chi connectivity index (χ0v) is 15.9. The maximum Gasteiger partial charge on any atom is 0.0438 e. The van der Waals surface area contributed by atoms with Crippen molar-refractivity contribution < 1.29 is 0 Å². The molecule has 130 valence electrons. The maximum absolute atomic E-state index is 6.36. The fraction of sp³-hybridized carbons (Fsp3) is 0.400. The van der Waals surface area contributed by atoms with Crippen molar-refractivity contribution in [3.63, 3.8) is 0 Å². The minimum absolute atomic E-state index is 0.425. The summed E-state index contributed by atoms with van der Waals surface area (Å²) in [6.07, 6.45) is 2.01. The molecule has 1 atom stereocenters. The first kappa shape index (κ1) is 19.3. The van der Waals surface area contributed by atoms with E-state index in [-0.39, 0.29) is 0 Å². The van der Waals surface area contributed by atoms with Gasteiger partial charge in [-0.1, -0.05) is 53.5 Å². The number of likely N-dealkylation sites (N-methyl/N-ethyl adjacent to an activating group) is 1. The molecule has 0 aromatic heterocycles. The van der Waals surface area contributed by atoms with Crippen LogP contribution >= 0.6 is 23.2 Å². The lowest BCUT2D eigenvalue weighted by Gasteiger charge is -2.19. The Kier molecular flexibility index (Phi) is 8.07. The average Bonchev–Trinajstić information content (AvgIpc) is 2.56. The highest BCUT2D eigenvalue weighted by molar-refractivity contribution is 6.31. The van der Waals surface area contributed by atoms with Crippen LogP contribution in [0.25, 0.3) is 0 Å². The molecule has 2 aromatic rings. The van der Waals surface area contributed by atoms with Crippen molar-refractivity contribution in [1.82, 2.24) is 10.2 Å². The topological polar surface area (TPSA) is 15.3 Å². The van der Waals surface area contributed by atoms with Gasteiger partial charge in [0.2, 0.25) is 0 Å². The highest BCUT2D eigenvalue weighted by Gasteiger charge is 2.14. The van der Waals surface area contributed by atoms with E-state index in [2.05, 4.69) is 48.6 Å². The fourth-order valence-electron chi connectivity index (χ4n) is 2.75. The van der Waals surface area contributed by atoms with Gasteiger partial charge in [-0.15, -0.1) is 0 Å². The highest BCUT2D eigenvalue weighted by Crippen LogP contribution is 2.28. The number of benzene rings is 2. The van der Waals surface area contributed by atoms with E-state index < -0.39 is 0 Å². The standard InChI is InChI=1S/C20H26Cl2N2/c1-24(2)14-13-23-12-11-17(16-7-9-19(21)10-8-16)15-18-5-3-4-6-20(18)22/h3-10,17,23H,11-15H2,1-2H3/t17-/m1/s1. The van der Waals surface area contributed by atoms with Crippen molar-refractivity contribution in [2.75, 3.05) is 33.7 Å². The Bertz CT molecular complexity index is 611. The molecule has 2 rings (SSSR count). The van der Waals surface area contributed by atoms with E-state index in [0.29, 0.717) is 5.92 Å². The Hall–Kier alpha value is -1.06. The van der Waals surface area contributed by atoms with Gasteiger partial charge in [-0.05, 0) is 68.7 Å². The quantitative estimate of drug-likeness (QED) is 0.639. The van der Waals surface area contributed by atoms with Crippen molar-refractivity contribution in [3.8, 4) is 0 Å². The van der Waals surface area contributed by atoms with E-state index >= 15 is 0 Å². The molecule has 0 bridgehead atoms. The minimum Gasteiger partial charge on any atom is -0.315 e. The summed E-state index contributed by atoms with van der Waals surface area (Å²) in [5, 5.41) is 5.15. The first-order valence-corrected chi connectivity index (χ1v) is 9.16.